The van der Waals surface area contributed by atoms with Gasteiger partial charge in [0, 0.05) is 42.0 Å². The lowest BCUT2D eigenvalue weighted by atomic mass is 10.1. The summed E-state index contributed by atoms with van der Waals surface area (Å²) < 4.78 is 43.4. The third-order valence-corrected chi connectivity index (χ3v) is 5.41. The van der Waals surface area contributed by atoms with E-state index in [4.69, 9.17) is 14.2 Å². The number of rotatable bonds is 6. The van der Waals surface area contributed by atoms with Crippen LogP contribution in [0.1, 0.15) is 21.5 Å². The second-order valence-corrected chi connectivity index (χ2v) is 7.62. The van der Waals surface area contributed by atoms with Crippen LogP contribution in [0, 0.1) is 11.6 Å². The van der Waals surface area contributed by atoms with Crippen LogP contribution in [0.2, 0.25) is 0 Å². The van der Waals surface area contributed by atoms with Crippen LogP contribution in [-0.4, -0.2) is 37.5 Å². The minimum Gasteiger partial charge on any atom is -0.497 e. The van der Waals surface area contributed by atoms with E-state index in [1.165, 1.54) is 0 Å². The van der Waals surface area contributed by atoms with Crippen molar-refractivity contribution in [3.8, 4) is 17.2 Å². The number of anilines is 1. The second kappa shape index (κ2) is 9.78. The molecule has 1 aliphatic heterocycles. The smallest absolute Gasteiger partial charge is 0.261 e. The van der Waals surface area contributed by atoms with E-state index in [9.17, 15) is 18.4 Å². The number of hydrogen-bond acceptors (Lipinski definition) is 5. The molecular formula is C25H22F2N2O5. The van der Waals surface area contributed by atoms with Crippen molar-refractivity contribution in [3.63, 3.8) is 0 Å². The van der Waals surface area contributed by atoms with Gasteiger partial charge in [-0.25, -0.2) is 8.78 Å². The van der Waals surface area contributed by atoms with E-state index >= 15 is 0 Å². The van der Waals surface area contributed by atoms with Crippen molar-refractivity contribution in [2.75, 3.05) is 26.1 Å². The van der Waals surface area contributed by atoms with Gasteiger partial charge in [0.25, 0.3) is 11.8 Å². The Morgan fingerprint density at radius 3 is 2.62 bits per heavy atom. The fourth-order valence-electron chi connectivity index (χ4n) is 3.65. The zero-order valence-electron chi connectivity index (χ0n) is 18.6. The van der Waals surface area contributed by atoms with Crippen molar-refractivity contribution >= 4 is 17.5 Å². The topological polar surface area (TPSA) is 77.1 Å². The standard InChI is InChI=1S/C25H22F2N2O5/c1-32-19-6-3-15(23(11-19)33-2)12-29-13-16-9-18(5-8-22(16)34-14-24(29)30)28-25(31)20-7-4-17(26)10-21(20)27/h3-11H,12-14H2,1-2H3,(H,28,31). The first-order valence-corrected chi connectivity index (χ1v) is 10.4. The normalized spacial score (nSPS) is 12.9. The first-order chi connectivity index (χ1) is 16.4. The van der Waals surface area contributed by atoms with Crippen molar-refractivity contribution in [1.82, 2.24) is 4.90 Å². The molecule has 0 radical (unpaired) electrons. The van der Waals surface area contributed by atoms with Crippen LogP contribution < -0.4 is 19.5 Å². The lowest BCUT2D eigenvalue weighted by Crippen LogP contribution is -2.32. The minimum absolute atomic E-state index is 0.141. The zero-order chi connectivity index (χ0) is 24.2. The Balaban J connectivity index is 1.55. The van der Waals surface area contributed by atoms with Gasteiger partial charge < -0.3 is 24.4 Å². The summed E-state index contributed by atoms with van der Waals surface area (Å²) in [6, 6.07) is 13.0. The van der Waals surface area contributed by atoms with Gasteiger partial charge >= 0.3 is 0 Å². The predicted molar refractivity (Wildman–Crippen MR) is 120 cm³/mol. The molecule has 1 aliphatic rings. The van der Waals surface area contributed by atoms with Crippen molar-refractivity contribution in [2.45, 2.75) is 13.1 Å². The molecule has 9 heteroatoms. The van der Waals surface area contributed by atoms with Crippen LogP contribution in [0.25, 0.3) is 0 Å². The first-order valence-electron chi connectivity index (χ1n) is 10.4. The van der Waals surface area contributed by atoms with Crippen molar-refractivity contribution < 1.29 is 32.6 Å². The number of fused-ring (bicyclic) bond motifs is 1. The Morgan fingerprint density at radius 2 is 1.88 bits per heavy atom. The maximum absolute atomic E-state index is 14.0. The molecule has 34 heavy (non-hydrogen) atoms. The Labute approximate surface area is 194 Å². The summed E-state index contributed by atoms with van der Waals surface area (Å²) in [7, 11) is 3.10. The third kappa shape index (κ3) is 4.93. The number of hydrogen-bond donors (Lipinski definition) is 1. The first kappa shape index (κ1) is 23.0. The van der Waals surface area contributed by atoms with Crippen molar-refractivity contribution in [2.24, 2.45) is 0 Å². The van der Waals surface area contributed by atoms with E-state index in [1.54, 1.807) is 49.5 Å². The number of halogens is 2. The molecule has 4 rings (SSSR count). The maximum atomic E-state index is 14.0. The van der Waals surface area contributed by atoms with Crippen molar-refractivity contribution in [3.05, 3.63) is 82.9 Å². The molecule has 0 saturated carbocycles. The Hall–Kier alpha value is -4.14. The van der Waals surface area contributed by atoms with Gasteiger partial charge in [0.05, 0.1) is 19.8 Å². The molecule has 1 heterocycles. The molecule has 0 aromatic heterocycles. The van der Waals surface area contributed by atoms with Gasteiger partial charge in [0.15, 0.2) is 6.61 Å². The van der Waals surface area contributed by atoms with E-state index in [-0.39, 0.29) is 31.2 Å². The average molecular weight is 468 g/mol. The fraction of sp³-hybridized carbons (Fsp3) is 0.200. The Bertz CT molecular complexity index is 1250. The molecule has 3 aromatic rings. The highest BCUT2D eigenvalue weighted by Crippen LogP contribution is 2.30. The number of amides is 2. The average Bonchev–Trinajstić information content (AvgIpc) is 2.97. The van der Waals surface area contributed by atoms with Crippen LogP contribution in [0.5, 0.6) is 17.2 Å². The monoisotopic (exact) mass is 468 g/mol. The number of carbonyl (C=O) groups excluding carboxylic acids is 2. The highest BCUT2D eigenvalue weighted by molar-refractivity contribution is 6.04. The molecule has 0 unspecified atom stereocenters. The molecule has 0 atom stereocenters. The van der Waals surface area contributed by atoms with Gasteiger partial charge in [0.2, 0.25) is 0 Å². The van der Waals surface area contributed by atoms with Gasteiger partial charge in [-0.1, -0.05) is 0 Å². The third-order valence-electron chi connectivity index (χ3n) is 5.41. The molecule has 176 valence electrons. The highest BCUT2D eigenvalue weighted by Gasteiger charge is 2.24. The summed E-state index contributed by atoms with van der Waals surface area (Å²) in [5.74, 6) is -0.941. The maximum Gasteiger partial charge on any atom is 0.261 e. The van der Waals surface area contributed by atoms with E-state index in [0.29, 0.717) is 34.6 Å². The summed E-state index contributed by atoms with van der Waals surface area (Å²) >= 11 is 0. The van der Waals surface area contributed by atoms with Crippen LogP contribution in [0.4, 0.5) is 14.5 Å². The summed E-state index contributed by atoms with van der Waals surface area (Å²) in [5, 5.41) is 2.60. The summed E-state index contributed by atoms with van der Waals surface area (Å²) in [6.45, 7) is 0.349. The van der Waals surface area contributed by atoms with E-state index in [2.05, 4.69) is 5.32 Å². The SMILES string of the molecule is COc1ccc(CN2Cc3cc(NC(=O)c4ccc(F)cc4F)ccc3OCC2=O)c(OC)c1. The van der Waals surface area contributed by atoms with E-state index < -0.39 is 17.5 Å². The van der Waals surface area contributed by atoms with Gasteiger partial charge in [-0.15, -0.1) is 0 Å². The predicted octanol–water partition coefficient (Wildman–Crippen LogP) is 4.16. The number of nitrogens with zero attached hydrogens (tertiary/aromatic N) is 1. The van der Waals surface area contributed by atoms with Gasteiger partial charge in [-0.3, -0.25) is 9.59 Å². The van der Waals surface area contributed by atoms with Crippen LogP contribution in [0.15, 0.2) is 54.6 Å². The summed E-state index contributed by atoms with van der Waals surface area (Å²) in [5.41, 5.74) is 1.55. The molecule has 7 nitrogen and oxygen atoms in total. The van der Waals surface area contributed by atoms with Crippen LogP contribution in [-0.2, 0) is 17.9 Å². The fourth-order valence-corrected chi connectivity index (χ4v) is 3.65. The molecule has 0 aliphatic carbocycles. The van der Waals surface area contributed by atoms with Gasteiger partial charge in [0.1, 0.15) is 28.9 Å². The lowest BCUT2D eigenvalue weighted by Gasteiger charge is -2.22. The number of benzene rings is 3. The van der Waals surface area contributed by atoms with Crippen LogP contribution in [0.3, 0.4) is 0 Å². The molecule has 0 fully saturated rings. The lowest BCUT2D eigenvalue weighted by molar-refractivity contribution is -0.133. The Morgan fingerprint density at radius 1 is 1.06 bits per heavy atom. The zero-order valence-corrected chi connectivity index (χ0v) is 18.6. The largest absolute Gasteiger partial charge is 0.497 e. The summed E-state index contributed by atoms with van der Waals surface area (Å²) in [6.07, 6.45) is 0. The summed E-state index contributed by atoms with van der Waals surface area (Å²) in [4.78, 5) is 26.8. The molecule has 3 aromatic carbocycles. The van der Waals surface area contributed by atoms with Crippen LogP contribution >= 0.6 is 0 Å². The molecule has 0 bridgehead atoms. The quantitative estimate of drug-likeness (QED) is 0.588. The van der Waals surface area contributed by atoms with Gasteiger partial charge in [-0.05, 0) is 42.5 Å². The number of nitrogens with one attached hydrogen (secondary N) is 1. The number of ether oxygens (including phenoxy) is 3. The van der Waals surface area contributed by atoms with Gasteiger partial charge in [-0.2, -0.15) is 0 Å². The molecule has 0 spiro atoms. The minimum atomic E-state index is -0.958. The molecule has 1 N–H and O–H groups in total. The molecule has 0 saturated heterocycles. The number of methoxy groups -OCH3 is 2. The van der Waals surface area contributed by atoms with E-state index in [1.807, 2.05) is 6.07 Å². The number of carbonyl (C=O) groups is 2. The Kier molecular flexibility index (Phi) is 6.62. The highest BCUT2D eigenvalue weighted by atomic mass is 19.1. The molecule has 2 amide bonds. The second-order valence-electron chi connectivity index (χ2n) is 7.62. The van der Waals surface area contributed by atoms with E-state index in [0.717, 1.165) is 17.7 Å². The van der Waals surface area contributed by atoms with Crippen molar-refractivity contribution in [1.29, 1.82) is 0 Å². The molecular weight excluding hydrogens is 446 g/mol.